The Labute approximate surface area is 96.7 Å². The molecule has 0 saturated heterocycles. The number of rotatable bonds is 11. The Bertz CT molecular complexity index is 160. The molecule has 16 heavy (non-hydrogen) atoms. The van der Waals surface area contributed by atoms with E-state index in [1.54, 1.807) is 6.92 Å². The quantitative estimate of drug-likeness (QED) is 0.422. The van der Waals surface area contributed by atoms with Crippen LogP contribution in [0.15, 0.2) is 0 Å². The van der Waals surface area contributed by atoms with Gasteiger partial charge in [0.25, 0.3) is 0 Å². The molecule has 0 aliphatic heterocycles. The molecule has 0 saturated carbocycles. The van der Waals surface area contributed by atoms with E-state index in [0.717, 1.165) is 19.3 Å². The number of unbranched alkanes of at least 4 members (excludes halogenated alkanes) is 2. The lowest BCUT2D eigenvalue weighted by molar-refractivity contribution is -0.148. The molecule has 0 heterocycles. The van der Waals surface area contributed by atoms with Crippen molar-refractivity contribution in [3.63, 3.8) is 0 Å². The lowest BCUT2D eigenvalue weighted by Gasteiger charge is -2.04. The Kier molecular flexibility index (Phi) is 11.9. The summed E-state index contributed by atoms with van der Waals surface area (Å²) in [5.41, 5.74) is 0. The predicted octanol–water partition coefficient (Wildman–Crippen LogP) is 0.745. The first kappa shape index (κ1) is 15.3. The molecule has 0 aliphatic carbocycles. The van der Waals surface area contributed by atoms with Gasteiger partial charge in [-0.1, -0.05) is 0 Å². The summed E-state index contributed by atoms with van der Waals surface area (Å²) in [6.07, 6.45) is 2.85. The average Bonchev–Trinajstić information content (AvgIpc) is 2.27. The van der Waals surface area contributed by atoms with Crippen molar-refractivity contribution < 1.29 is 24.1 Å². The van der Waals surface area contributed by atoms with Crippen molar-refractivity contribution in [3.05, 3.63) is 0 Å². The van der Waals surface area contributed by atoms with Crippen molar-refractivity contribution in [1.29, 1.82) is 0 Å². The summed E-state index contributed by atoms with van der Waals surface area (Å²) in [4.78, 5) is 10.9. The van der Waals surface area contributed by atoms with Crippen LogP contribution in [0.2, 0.25) is 0 Å². The minimum Gasteiger partial charge on any atom is -0.464 e. The summed E-state index contributed by atoms with van der Waals surface area (Å²) in [6, 6.07) is 0. The highest BCUT2D eigenvalue weighted by atomic mass is 16.6. The Morgan fingerprint density at radius 2 is 1.75 bits per heavy atom. The zero-order valence-corrected chi connectivity index (χ0v) is 9.94. The lowest BCUT2D eigenvalue weighted by atomic mass is 10.2. The van der Waals surface area contributed by atoms with Crippen LogP contribution in [-0.2, 0) is 19.0 Å². The summed E-state index contributed by atoms with van der Waals surface area (Å²) in [6.45, 7) is 3.91. The molecule has 0 aromatic carbocycles. The van der Waals surface area contributed by atoms with Crippen LogP contribution in [0.5, 0.6) is 0 Å². The van der Waals surface area contributed by atoms with E-state index in [4.69, 9.17) is 19.3 Å². The third kappa shape index (κ3) is 11.4. The van der Waals surface area contributed by atoms with Crippen LogP contribution < -0.4 is 0 Å². The van der Waals surface area contributed by atoms with Gasteiger partial charge in [0.05, 0.1) is 19.8 Å². The van der Waals surface area contributed by atoms with Gasteiger partial charge in [0.1, 0.15) is 6.61 Å². The minimum atomic E-state index is -0.311. The van der Waals surface area contributed by atoms with Crippen molar-refractivity contribution in [2.75, 3.05) is 39.6 Å². The molecule has 5 heteroatoms. The maximum atomic E-state index is 10.9. The first-order valence-corrected chi connectivity index (χ1v) is 5.73. The first-order valence-electron chi connectivity index (χ1n) is 5.73. The van der Waals surface area contributed by atoms with Gasteiger partial charge >= 0.3 is 5.97 Å². The molecule has 5 nitrogen and oxygen atoms in total. The van der Waals surface area contributed by atoms with Gasteiger partial charge in [0, 0.05) is 13.2 Å². The third-order valence-corrected chi connectivity index (χ3v) is 1.84. The molecular formula is C11H22O5. The van der Waals surface area contributed by atoms with E-state index in [2.05, 4.69) is 0 Å². The van der Waals surface area contributed by atoms with Crippen LogP contribution in [0, 0.1) is 0 Å². The molecule has 0 aromatic heterocycles. The van der Waals surface area contributed by atoms with E-state index in [1.165, 1.54) is 0 Å². The van der Waals surface area contributed by atoms with Crippen LogP contribution in [0.25, 0.3) is 0 Å². The number of hydrogen-bond acceptors (Lipinski definition) is 5. The fraction of sp³-hybridized carbons (Fsp3) is 0.909. The molecule has 0 fully saturated rings. The highest BCUT2D eigenvalue weighted by Gasteiger charge is 2.00. The van der Waals surface area contributed by atoms with Crippen molar-refractivity contribution in [2.24, 2.45) is 0 Å². The van der Waals surface area contributed by atoms with Gasteiger partial charge in [-0.15, -0.1) is 0 Å². The number of carbonyl (C=O) groups excluding carboxylic acids is 1. The predicted molar refractivity (Wildman–Crippen MR) is 59.2 cm³/mol. The second kappa shape index (κ2) is 12.4. The zero-order chi connectivity index (χ0) is 12.1. The minimum absolute atomic E-state index is 0.0366. The maximum Gasteiger partial charge on any atom is 0.332 e. The molecule has 0 aliphatic rings. The molecule has 1 N–H and O–H groups in total. The second-order valence-corrected chi connectivity index (χ2v) is 3.25. The van der Waals surface area contributed by atoms with E-state index in [0.29, 0.717) is 26.4 Å². The molecule has 96 valence electrons. The van der Waals surface area contributed by atoms with Crippen LogP contribution in [-0.4, -0.2) is 50.7 Å². The third-order valence-electron chi connectivity index (χ3n) is 1.84. The van der Waals surface area contributed by atoms with Gasteiger partial charge in [-0.2, -0.15) is 0 Å². The highest BCUT2D eigenvalue weighted by molar-refractivity contribution is 5.70. The smallest absolute Gasteiger partial charge is 0.332 e. The second-order valence-electron chi connectivity index (χ2n) is 3.25. The van der Waals surface area contributed by atoms with Gasteiger partial charge in [-0.3, -0.25) is 0 Å². The summed E-state index contributed by atoms with van der Waals surface area (Å²) in [5, 5.41) is 8.45. The van der Waals surface area contributed by atoms with Crippen LogP contribution in [0.3, 0.4) is 0 Å². The van der Waals surface area contributed by atoms with Crippen molar-refractivity contribution in [3.8, 4) is 0 Å². The van der Waals surface area contributed by atoms with E-state index >= 15 is 0 Å². The van der Waals surface area contributed by atoms with Gasteiger partial charge in [0.2, 0.25) is 0 Å². The number of aliphatic hydroxyl groups is 1. The molecule has 0 bridgehead atoms. The molecule has 0 amide bonds. The van der Waals surface area contributed by atoms with Crippen LogP contribution in [0.4, 0.5) is 0 Å². The fourth-order valence-electron chi connectivity index (χ4n) is 1.11. The number of ether oxygens (including phenoxy) is 3. The maximum absolute atomic E-state index is 10.9. The summed E-state index contributed by atoms with van der Waals surface area (Å²) in [5.74, 6) is -0.311. The van der Waals surface area contributed by atoms with E-state index < -0.39 is 0 Å². The number of esters is 1. The molecular weight excluding hydrogens is 212 g/mol. The largest absolute Gasteiger partial charge is 0.464 e. The SMILES string of the molecule is CCOC(=O)COCCCCCOCCO. The molecule has 0 radical (unpaired) electrons. The first-order chi connectivity index (χ1) is 7.81. The summed E-state index contributed by atoms with van der Waals surface area (Å²) < 4.78 is 14.9. The van der Waals surface area contributed by atoms with E-state index in [1.807, 2.05) is 0 Å². The standard InChI is InChI=1S/C11H22O5/c1-2-16-11(13)10-15-8-5-3-4-7-14-9-6-12/h12H,2-10H2,1H3. The molecule has 0 rings (SSSR count). The van der Waals surface area contributed by atoms with Crippen LogP contribution >= 0.6 is 0 Å². The fourth-order valence-corrected chi connectivity index (χ4v) is 1.11. The monoisotopic (exact) mass is 234 g/mol. The van der Waals surface area contributed by atoms with Crippen molar-refractivity contribution in [2.45, 2.75) is 26.2 Å². The highest BCUT2D eigenvalue weighted by Crippen LogP contribution is 1.96. The van der Waals surface area contributed by atoms with Crippen molar-refractivity contribution >= 4 is 5.97 Å². The average molecular weight is 234 g/mol. The Balaban J connectivity index is 3.01. The lowest BCUT2D eigenvalue weighted by Crippen LogP contribution is -2.12. The molecule has 0 unspecified atom stereocenters. The summed E-state index contributed by atoms with van der Waals surface area (Å²) >= 11 is 0. The summed E-state index contributed by atoms with van der Waals surface area (Å²) in [7, 11) is 0. The topological polar surface area (TPSA) is 65.0 Å². The van der Waals surface area contributed by atoms with E-state index in [-0.39, 0.29) is 19.2 Å². The Morgan fingerprint density at radius 3 is 2.38 bits per heavy atom. The number of hydrogen-bond donors (Lipinski definition) is 1. The van der Waals surface area contributed by atoms with Gasteiger partial charge in [0.15, 0.2) is 0 Å². The normalized spacial score (nSPS) is 10.4. The van der Waals surface area contributed by atoms with Crippen LogP contribution in [0.1, 0.15) is 26.2 Å². The molecule has 0 aromatic rings. The number of aliphatic hydroxyl groups excluding tert-OH is 1. The molecule has 0 spiro atoms. The van der Waals surface area contributed by atoms with E-state index in [9.17, 15) is 4.79 Å². The van der Waals surface area contributed by atoms with Crippen molar-refractivity contribution in [1.82, 2.24) is 0 Å². The number of carbonyl (C=O) groups is 1. The zero-order valence-electron chi connectivity index (χ0n) is 9.94. The Morgan fingerprint density at radius 1 is 1.06 bits per heavy atom. The van der Waals surface area contributed by atoms with Gasteiger partial charge in [-0.05, 0) is 26.2 Å². The van der Waals surface area contributed by atoms with Gasteiger partial charge < -0.3 is 19.3 Å². The molecule has 0 atom stereocenters. The van der Waals surface area contributed by atoms with Gasteiger partial charge in [-0.25, -0.2) is 4.79 Å². The Hall–Kier alpha value is -0.650.